The average Bonchev–Trinajstić information content (AvgIpc) is 3.28. The van der Waals surface area contributed by atoms with Crippen LogP contribution in [-0.4, -0.2) is 17.9 Å². The molecular weight excluding hydrogens is 683 g/mol. The zero-order valence-electron chi connectivity index (χ0n) is 31.6. The Kier molecular flexibility index (Phi) is 9.81. The van der Waals surface area contributed by atoms with Crippen LogP contribution >= 0.6 is 0 Å². The van der Waals surface area contributed by atoms with Crippen molar-refractivity contribution in [3.63, 3.8) is 0 Å². The molecule has 4 aromatic carbocycles. The third-order valence-electron chi connectivity index (χ3n) is 11.5. The fourth-order valence-electron chi connectivity index (χ4n) is 8.61. The molecule has 0 bridgehead atoms. The molecule has 2 aliphatic heterocycles. The second-order valence-corrected chi connectivity index (χ2v) is 14.9. The van der Waals surface area contributed by atoms with Crippen LogP contribution in [0.15, 0.2) is 202 Å². The summed E-state index contributed by atoms with van der Waals surface area (Å²) in [6, 6.07) is 40.1. The molecule has 4 atom stereocenters. The van der Waals surface area contributed by atoms with Gasteiger partial charge in [0.05, 0.1) is 11.4 Å². The van der Waals surface area contributed by atoms with E-state index in [4.69, 9.17) is 15.4 Å². The average molecular weight is 728 g/mol. The highest BCUT2D eigenvalue weighted by Gasteiger charge is 2.33. The number of amidine groups is 2. The summed E-state index contributed by atoms with van der Waals surface area (Å²) in [5.74, 6) is 2.19. The highest BCUT2D eigenvalue weighted by Crippen LogP contribution is 2.45. The van der Waals surface area contributed by atoms with Crippen LogP contribution in [0.1, 0.15) is 60.2 Å². The minimum absolute atomic E-state index is 0.169. The molecule has 56 heavy (non-hydrogen) atoms. The first-order valence-corrected chi connectivity index (χ1v) is 19.7. The summed E-state index contributed by atoms with van der Waals surface area (Å²) in [7, 11) is 0. The Morgan fingerprint density at radius 1 is 0.786 bits per heavy atom. The Labute approximate surface area is 329 Å². The molecule has 0 saturated carbocycles. The van der Waals surface area contributed by atoms with Crippen molar-refractivity contribution in [3.8, 4) is 0 Å². The fraction of sp³-hybridized carbons (Fsp3) is 0.157. The van der Waals surface area contributed by atoms with Gasteiger partial charge in [-0.1, -0.05) is 177 Å². The van der Waals surface area contributed by atoms with Gasteiger partial charge in [-0.2, -0.15) is 0 Å². The summed E-state index contributed by atoms with van der Waals surface area (Å²) in [5, 5.41) is 16.2. The van der Waals surface area contributed by atoms with Gasteiger partial charge in [0.15, 0.2) is 5.84 Å². The van der Waals surface area contributed by atoms with Gasteiger partial charge in [-0.05, 0) is 64.2 Å². The first kappa shape index (κ1) is 35.1. The third kappa shape index (κ3) is 6.81. The summed E-state index contributed by atoms with van der Waals surface area (Å²) in [5.41, 5.74) is 13.7. The van der Waals surface area contributed by atoms with Crippen molar-refractivity contribution in [1.29, 1.82) is 5.41 Å². The Morgan fingerprint density at radius 2 is 1.50 bits per heavy atom. The Bertz CT molecular complexity index is 2470. The largest absolute Gasteiger partial charge is 0.354 e. The lowest BCUT2D eigenvalue weighted by Gasteiger charge is -2.34. The van der Waals surface area contributed by atoms with Gasteiger partial charge in [0.25, 0.3) is 0 Å². The number of allylic oxidation sites excluding steroid dienone is 13. The number of nitrogens with one attached hydrogen (secondary N) is 3. The van der Waals surface area contributed by atoms with E-state index in [1.165, 1.54) is 34.1 Å². The molecule has 3 N–H and O–H groups in total. The molecule has 0 spiro atoms. The summed E-state index contributed by atoms with van der Waals surface area (Å²) >= 11 is 0. The summed E-state index contributed by atoms with van der Waals surface area (Å²) in [4.78, 5) is 10.2. The maximum Gasteiger partial charge on any atom is 0.159 e. The van der Waals surface area contributed by atoms with Crippen LogP contribution in [0.4, 0.5) is 0 Å². The normalized spacial score (nSPS) is 23.7. The van der Waals surface area contributed by atoms with Crippen molar-refractivity contribution in [2.75, 3.05) is 0 Å². The van der Waals surface area contributed by atoms with E-state index < -0.39 is 0 Å². The van der Waals surface area contributed by atoms with Crippen LogP contribution in [0.3, 0.4) is 0 Å². The van der Waals surface area contributed by atoms with Crippen molar-refractivity contribution in [2.45, 2.75) is 32.4 Å². The van der Waals surface area contributed by atoms with Crippen molar-refractivity contribution in [2.24, 2.45) is 27.7 Å². The molecule has 5 heteroatoms. The Balaban J connectivity index is 1.03. The van der Waals surface area contributed by atoms with Crippen LogP contribution in [-0.2, 0) is 0 Å². The number of aliphatic imine (C=N–C) groups is 2. The molecule has 274 valence electrons. The summed E-state index contributed by atoms with van der Waals surface area (Å²) < 4.78 is 0. The van der Waals surface area contributed by atoms with Crippen LogP contribution in [0.5, 0.6) is 0 Å². The molecule has 3 unspecified atom stereocenters. The van der Waals surface area contributed by atoms with E-state index in [2.05, 4.69) is 163 Å². The van der Waals surface area contributed by atoms with Crippen LogP contribution in [0, 0.1) is 23.2 Å². The van der Waals surface area contributed by atoms with Gasteiger partial charge in [0.1, 0.15) is 12.0 Å². The number of rotatable bonds is 8. The number of fused-ring (bicyclic) bond motifs is 1. The fourth-order valence-corrected chi connectivity index (χ4v) is 8.61. The van der Waals surface area contributed by atoms with Crippen molar-refractivity contribution in [3.05, 3.63) is 220 Å². The van der Waals surface area contributed by atoms with Gasteiger partial charge in [-0.3, -0.25) is 0 Å². The molecule has 5 nitrogen and oxygen atoms in total. The lowest BCUT2D eigenvalue weighted by Crippen LogP contribution is -2.37. The highest BCUT2D eigenvalue weighted by molar-refractivity contribution is 6.13. The molecular formula is C51H45N5. The molecule has 0 amide bonds. The van der Waals surface area contributed by atoms with Gasteiger partial charge in [-0.15, -0.1) is 0 Å². The lowest BCUT2D eigenvalue weighted by molar-refractivity contribution is 0.556. The van der Waals surface area contributed by atoms with Gasteiger partial charge in [0.2, 0.25) is 0 Å². The number of benzene rings is 4. The maximum atomic E-state index is 8.56. The van der Waals surface area contributed by atoms with E-state index in [-0.39, 0.29) is 23.9 Å². The molecule has 0 radical (unpaired) electrons. The van der Waals surface area contributed by atoms with E-state index in [0.717, 1.165) is 70.2 Å². The first-order chi connectivity index (χ1) is 27.7. The van der Waals surface area contributed by atoms with Crippen LogP contribution in [0.2, 0.25) is 0 Å². The van der Waals surface area contributed by atoms with Gasteiger partial charge in [0, 0.05) is 34.8 Å². The molecule has 0 saturated heterocycles. The molecule has 4 aromatic rings. The smallest absolute Gasteiger partial charge is 0.159 e. The number of hydrogen-bond donors (Lipinski definition) is 3. The second-order valence-electron chi connectivity index (χ2n) is 14.9. The van der Waals surface area contributed by atoms with E-state index in [1.807, 2.05) is 24.3 Å². The predicted molar refractivity (Wildman–Crippen MR) is 233 cm³/mol. The second kappa shape index (κ2) is 15.6. The van der Waals surface area contributed by atoms with Crippen molar-refractivity contribution in [1.82, 2.24) is 10.6 Å². The van der Waals surface area contributed by atoms with E-state index in [9.17, 15) is 0 Å². The van der Waals surface area contributed by atoms with E-state index >= 15 is 0 Å². The Morgan fingerprint density at radius 3 is 2.20 bits per heavy atom. The topological polar surface area (TPSA) is 72.6 Å². The molecule has 5 aliphatic rings. The molecule has 0 fully saturated rings. The number of hydrogen-bond acceptors (Lipinski definition) is 5. The van der Waals surface area contributed by atoms with Crippen LogP contribution < -0.4 is 10.6 Å². The van der Waals surface area contributed by atoms with Crippen LogP contribution in [0.25, 0.3) is 17.0 Å². The summed E-state index contributed by atoms with van der Waals surface area (Å²) in [6.07, 6.45) is 24.5. The minimum Gasteiger partial charge on any atom is -0.354 e. The molecule has 2 heterocycles. The third-order valence-corrected chi connectivity index (χ3v) is 11.5. The van der Waals surface area contributed by atoms with E-state index in [0.29, 0.717) is 0 Å². The zero-order valence-corrected chi connectivity index (χ0v) is 31.6. The highest BCUT2D eigenvalue weighted by atomic mass is 15.2. The number of nitrogens with zero attached hydrogens (tertiary/aromatic N) is 2. The van der Waals surface area contributed by atoms with Gasteiger partial charge < -0.3 is 16.0 Å². The lowest BCUT2D eigenvalue weighted by atomic mass is 9.74. The minimum atomic E-state index is -0.230. The maximum absolute atomic E-state index is 8.56. The molecule has 9 rings (SSSR count). The van der Waals surface area contributed by atoms with Gasteiger partial charge in [-0.25, -0.2) is 9.98 Å². The molecule has 3 aliphatic carbocycles. The van der Waals surface area contributed by atoms with E-state index in [1.54, 1.807) is 0 Å². The standard InChI is InChI=1S/C51H45N5/c1-34-41(27-16-28-42(34)51-55-49(39-21-10-4-11-22-39)54-50(56-51)40-23-12-5-13-24-40)36-29-31-37(32-30-36)46-43-25-14-15-26-44(43)48(45(33-52)35-17-6-2-7-18-35)53-47(46)38-19-8-3-9-20-38/h2-6,8-17,19-31,33-34,37,41,49,52-53H,7,18,32H2,1H3,(H,54,55,56)/b48-45+,52-33?/t34-,37?,41?,49?/m0/s1. The van der Waals surface area contributed by atoms with Crippen molar-refractivity contribution < 1.29 is 0 Å². The molecule has 0 aromatic heterocycles. The van der Waals surface area contributed by atoms with Crippen molar-refractivity contribution >= 4 is 34.9 Å². The predicted octanol–water partition coefficient (Wildman–Crippen LogP) is 11.2. The first-order valence-electron chi connectivity index (χ1n) is 19.7. The Hall–Kier alpha value is -6.59. The SMILES string of the molecule is C[C@@H]1C(C2=NC(c3ccccc3)=NC(c3ccccc3)N2)=CC=CC1C1=CCC(C2=C(c3ccccc3)N/C(=C(\C=N)C3=CC=CCC3)c3ccccc32)C=C1. The quantitative estimate of drug-likeness (QED) is 0.158. The van der Waals surface area contributed by atoms with Gasteiger partial charge >= 0.3 is 0 Å². The zero-order chi connectivity index (χ0) is 37.8. The summed E-state index contributed by atoms with van der Waals surface area (Å²) in [6.45, 7) is 2.32. The monoisotopic (exact) mass is 727 g/mol.